The van der Waals surface area contributed by atoms with Crippen LogP contribution in [-0.2, 0) is 38.3 Å². The summed E-state index contributed by atoms with van der Waals surface area (Å²) in [7, 11) is -6.79. The number of esters is 2. The first-order chi connectivity index (χ1) is 15.8. The third-order valence-electron chi connectivity index (χ3n) is 6.48. The number of rotatable bonds is 12. The lowest BCUT2D eigenvalue weighted by Gasteiger charge is -2.40. The van der Waals surface area contributed by atoms with E-state index in [1.165, 1.54) is 6.08 Å². The second-order valence-corrected chi connectivity index (χ2v) is 24.0. The smallest absolute Gasteiger partial charge is 0.374 e. The minimum atomic E-state index is -3.82. The minimum Gasteiger partial charge on any atom is -0.463 e. The Morgan fingerprint density at radius 2 is 1.71 bits per heavy atom. The molecule has 0 aromatic rings. The first-order valence-electron chi connectivity index (χ1n) is 11.9. The summed E-state index contributed by atoms with van der Waals surface area (Å²) in [6.45, 7) is 18.1. The maximum absolute atomic E-state index is 13.3. The van der Waals surface area contributed by atoms with Crippen molar-refractivity contribution < 1.29 is 36.7 Å². The zero-order valence-corrected chi connectivity index (χ0v) is 25.7. The highest BCUT2D eigenvalue weighted by atomic mass is 32.2. The van der Waals surface area contributed by atoms with Crippen molar-refractivity contribution in [1.82, 2.24) is 4.31 Å². The molecule has 0 aromatic carbocycles. The molecule has 35 heavy (non-hydrogen) atoms. The molecule has 0 N–H and O–H groups in total. The predicted octanol–water partition coefficient (Wildman–Crippen LogP) is 3.56. The third-order valence-corrected chi connectivity index (χ3v) is 14.8. The van der Waals surface area contributed by atoms with E-state index in [4.69, 9.17) is 9.16 Å². The van der Waals surface area contributed by atoms with Crippen LogP contribution in [0.15, 0.2) is 11.8 Å². The molecule has 2 atom stereocenters. The summed E-state index contributed by atoms with van der Waals surface area (Å²) in [4.78, 5) is 37.1. The van der Waals surface area contributed by atoms with Crippen LogP contribution >= 0.6 is 0 Å². The monoisotopic (exact) mass is 549 g/mol. The van der Waals surface area contributed by atoms with E-state index in [9.17, 15) is 22.8 Å². The lowest BCUT2D eigenvalue weighted by Crippen LogP contribution is -2.47. The van der Waals surface area contributed by atoms with Crippen molar-refractivity contribution in [3.05, 3.63) is 11.8 Å². The number of methoxy groups -OCH3 is 1. The van der Waals surface area contributed by atoms with Crippen molar-refractivity contribution in [3.63, 3.8) is 0 Å². The highest BCUT2D eigenvalue weighted by Crippen LogP contribution is 2.40. The number of ether oxygens (including phenoxy) is 2. The van der Waals surface area contributed by atoms with Crippen LogP contribution in [0.4, 0.5) is 0 Å². The second kappa shape index (κ2) is 11.7. The Kier molecular flexibility index (Phi) is 10.5. The molecule has 1 aliphatic heterocycles. The van der Waals surface area contributed by atoms with E-state index >= 15 is 0 Å². The lowest BCUT2D eigenvalue weighted by molar-refractivity contribution is -0.152. The van der Waals surface area contributed by atoms with E-state index < -0.39 is 56.2 Å². The highest BCUT2D eigenvalue weighted by Gasteiger charge is 2.45. The van der Waals surface area contributed by atoms with Gasteiger partial charge in [-0.05, 0) is 37.2 Å². The van der Waals surface area contributed by atoms with Gasteiger partial charge in [-0.25, -0.2) is 18.0 Å². The Hall–Kier alpha value is -1.51. The molecule has 1 heterocycles. The van der Waals surface area contributed by atoms with Crippen molar-refractivity contribution in [2.24, 2.45) is 5.92 Å². The Balaban J connectivity index is 3.43. The molecule has 9 nitrogen and oxygen atoms in total. The summed E-state index contributed by atoms with van der Waals surface area (Å²) in [5.74, 6) is -3.18. The van der Waals surface area contributed by atoms with Crippen LogP contribution in [0, 0.1) is 5.92 Å². The zero-order valence-electron chi connectivity index (χ0n) is 22.9. The van der Waals surface area contributed by atoms with Gasteiger partial charge in [0.15, 0.2) is 8.32 Å². The molecular weight excluding hydrogens is 506 g/mol. The zero-order chi connectivity index (χ0) is 27.4. The molecule has 1 aliphatic rings. The average molecular weight is 550 g/mol. The van der Waals surface area contributed by atoms with Crippen molar-refractivity contribution in [2.75, 3.05) is 26.0 Å². The number of hydrogen-bond donors (Lipinski definition) is 0. The fourth-order valence-electron chi connectivity index (χ4n) is 3.25. The fourth-order valence-corrected chi connectivity index (χ4v) is 9.16. The molecule has 0 saturated heterocycles. The van der Waals surface area contributed by atoms with Gasteiger partial charge >= 0.3 is 11.9 Å². The number of ketones is 1. The second-order valence-electron chi connectivity index (χ2n) is 11.6. The number of sulfonamides is 1. The predicted molar refractivity (Wildman–Crippen MR) is 141 cm³/mol. The van der Waals surface area contributed by atoms with Crippen molar-refractivity contribution in [3.8, 4) is 0 Å². The molecule has 0 amide bonds. The molecule has 202 valence electrons. The molecule has 0 aliphatic carbocycles. The largest absolute Gasteiger partial charge is 0.463 e. The summed E-state index contributed by atoms with van der Waals surface area (Å²) < 4.78 is 44.0. The molecular formula is C23H43NO8SSi2. The number of Topliss-reactive ketones (excluding diaryl/α,β-unsaturated/α-hetero) is 1. The standard InChI is InChI=1S/C23H43NO8SSi2/c1-11-31-21(26)18-14-17(16-24(18)33(28,29)12-13-34(6,7)8)20(15-19(25)22(27)30-5)32-35(9,10)23(2,3)4/h14,17,20H,11-13,15-16H2,1-10H3/t17-,20+/m1/s1. The molecule has 0 bridgehead atoms. The quantitative estimate of drug-likeness (QED) is 0.206. The van der Waals surface area contributed by atoms with Gasteiger partial charge in [0.2, 0.25) is 15.8 Å². The van der Waals surface area contributed by atoms with Crippen molar-refractivity contribution in [2.45, 2.75) is 84.0 Å². The Bertz CT molecular complexity index is 932. The van der Waals surface area contributed by atoms with E-state index in [-0.39, 0.29) is 36.1 Å². The Labute approximate surface area is 212 Å². The first-order valence-corrected chi connectivity index (χ1v) is 20.2. The van der Waals surface area contributed by atoms with E-state index in [0.29, 0.717) is 6.04 Å². The highest BCUT2D eigenvalue weighted by molar-refractivity contribution is 7.89. The SMILES string of the molecule is CCOC(=O)C1=C[C@@H]([C@H](CC(=O)C(=O)OC)O[Si](C)(C)C(C)(C)C)CN1S(=O)(=O)CC[Si](C)(C)C. The van der Waals surface area contributed by atoms with E-state index in [1.54, 1.807) is 6.92 Å². The summed E-state index contributed by atoms with van der Waals surface area (Å²) in [6, 6.07) is 0.539. The van der Waals surface area contributed by atoms with E-state index in [2.05, 4.69) is 24.4 Å². The van der Waals surface area contributed by atoms with Crippen LogP contribution < -0.4 is 0 Å². The Morgan fingerprint density at radius 1 is 1.14 bits per heavy atom. The summed E-state index contributed by atoms with van der Waals surface area (Å²) >= 11 is 0. The molecule has 0 unspecified atom stereocenters. The number of carbonyl (C=O) groups is 3. The van der Waals surface area contributed by atoms with Gasteiger partial charge in [0.05, 0.1) is 25.6 Å². The normalized spacial score (nSPS) is 18.2. The van der Waals surface area contributed by atoms with Crippen LogP contribution in [0.25, 0.3) is 0 Å². The molecule has 0 radical (unpaired) electrons. The van der Waals surface area contributed by atoms with Gasteiger partial charge < -0.3 is 13.9 Å². The molecule has 1 rings (SSSR count). The average Bonchev–Trinajstić information content (AvgIpc) is 3.16. The third kappa shape index (κ3) is 8.83. The van der Waals surface area contributed by atoms with Crippen molar-refractivity contribution >= 4 is 44.1 Å². The molecule has 0 aromatic heterocycles. The van der Waals surface area contributed by atoms with Gasteiger partial charge in [-0.3, -0.25) is 9.10 Å². The molecule has 0 fully saturated rings. The number of hydrogen-bond acceptors (Lipinski definition) is 8. The van der Waals surface area contributed by atoms with Gasteiger partial charge in [-0.1, -0.05) is 40.4 Å². The van der Waals surface area contributed by atoms with Crippen LogP contribution in [0.3, 0.4) is 0 Å². The maximum Gasteiger partial charge on any atom is 0.374 e. The summed E-state index contributed by atoms with van der Waals surface area (Å²) in [5, 5.41) is -0.199. The molecule has 12 heteroatoms. The summed E-state index contributed by atoms with van der Waals surface area (Å²) in [5.41, 5.74) is -0.0678. The van der Waals surface area contributed by atoms with Crippen LogP contribution in [0.1, 0.15) is 34.1 Å². The minimum absolute atomic E-state index is 0.0596. The fraction of sp³-hybridized carbons (Fsp3) is 0.783. The Morgan fingerprint density at radius 3 is 2.17 bits per heavy atom. The van der Waals surface area contributed by atoms with Crippen LogP contribution in [0.5, 0.6) is 0 Å². The van der Waals surface area contributed by atoms with Crippen molar-refractivity contribution in [1.29, 1.82) is 0 Å². The molecule has 0 saturated carbocycles. The maximum atomic E-state index is 13.3. The van der Waals surface area contributed by atoms with Crippen LogP contribution in [-0.4, -0.2) is 79.0 Å². The molecule has 0 spiro atoms. The topological polar surface area (TPSA) is 116 Å². The van der Waals surface area contributed by atoms with Gasteiger partial charge in [0, 0.05) is 27.0 Å². The lowest BCUT2D eigenvalue weighted by atomic mass is 9.99. The summed E-state index contributed by atoms with van der Waals surface area (Å²) in [6.07, 6.45) is 0.440. The van der Waals surface area contributed by atoms with Gasteiger partial charge in [-0.2, -0.15) is 0 Å². The van der Waals surface area contributed by atoms with E-state index in [0.717, 1.165) is 11.4 Å². The number of nitrogens with zero attached hydrogens (tertiary/aromatic N) is 1. The van der Waals surface area contributed by atoms with Crippen LogP contribution in [0.2, 0.25) is 43.8 Å². The van der Waals surface area contributed by atoms with Gasteiger partial charge in [-0.15, -0.1) is 0 Å². The van der Waals surface area contributed by atoms with Gasteiger partial charge in [0.25, 0.3) is 0 Å². The first kappa shape index (κ1) is 31.5. The number of carbonyl (C=O) groups excluding carboxylic acids is 3. The van der Waals surface area contributed by atoms with Gasteiger partial charge in [0.1, 0.15) is 5.70 Å². The van der Waals surface area contributed by atoms with E-state index in [1.807, 2.05) is 33.9 Å².